The van der Waals surface area contributed by atoms with Gasteiger partial charge >= 0.3 is 6.03 Å². The molecule has 2 aromatic rings. The monoisotopic (exact) mass is 334 g/mol. The molecular formula is C15H18N4O3S. The van der Waals surface area contributed by atoms with Crippen molar-refractivity contribution in [2.45, 2.75) is 13.0 Å². The minimum atomic E-state index is -0.302. The maximum absolute atomic E-state index is 12.2. The van der Waals surface area contributed by atoms with Crippen LogP contribution in [0.5, 0.6) is 0 Å². The van der Waals surface area contributed by atoms with Crippen molar-refractivity contribution in [1.29, 1.82) is 0 Å². The fourth-order valence-electron chi connectivity index (χ4n) is 1.71. The number of nitrogens with zero attached hydrogens (tertiary/aromatic N) is 1. The number of carbonyl (C=O) groups is 2. The van der Waals surface area contributed by atoms with E-state index in [0.717, 1.165) is 5.01 Å². The predicted molar refractivity (Wildman–Crippen MR) is 90.0 cm³/mol. The van der Waals surface area contributed by atoms with Crippen LogP contribution in [-0.4, -0.2) is 31.1 Å². The molecule has 0 aliphatic heterocycles. The van der Waals surface area contributed by atoms with Gasteiger partial charge in [0.25, 0.3) is 5.91 Å². The summed E-state index contributed by atoms with van der Waals surface area (Å²) in [4.78, 5) is 27.6. The van der Waals surface area contributed by atoms with E-state index in [1.165, 1.54) is 18.4 Å². The average Bonchev–Trinajstić information content (AvgIpc) is 3.06. The van der Waals surface area contributed by atoms with E-state index in [2.05, 4.69) is 20.9 Å². The maximum Gasteiger partial charge on any atom is 0.318 e. The second-order valence-corrected chi connectivity index (χ2v) is 5.57. The Morgan fingerprint density at radius 2 is 1.78 bits per heavy atom. The molecule has 0 fully saturated rings. The SMILES string of the molecule is CNC(=O)Nc1ccc(NC(=O)c2csc(C(C)OC)n2)cc1. The first-order valence-electron chi connectivity index (χ1n) is 6.92. The van der Waals surface area contributed by atoms with E-state index >= 15 is 0 Å². The lowest BCUT2D eigenvalue weighted by Crippen LogP contribution is -2.24. The Balaban J connectivity index is 2.00. The molecule has 0 saturated carbocycles. The lowest BCUT2D eigenvalue weighted by Gasteiger charge is -2.07. The number of carbonyl (C=O) groups excluding carboxylic acids is 2. The third-order valence-corrected chi connectivity index (χ3v) is 4.09. The molecule has 1 heterocycles. The number of rotatable bonds is 5. The van der Waals surface area contributed by atoms with Crippen LogP contribution in [0, 0.1) is 0 Å². The molecule has 0 aliphatic rings. The summed E-state index contributed by atoms with van der Waals surface area (Å²) < 4.78 is 5.18. The molecule has 0 bridgehead atoms. The summed E-state index contributed by atoms with van der Waals surface area (Å²) >= 11 is 1.38. The number of benzene rings is 1. The van der Waals surface area contributed by atoms with Crippen LogP contribution in [-0.2, 0) is 4.74 Å². The molecule has 1 atom stereocenters. The topological polar surface area (TPSA) is 92.4 Å². The number of hydrogen-bond acceptors (Lipinski definition) is 5. The number of amides is 3. The third-order valence-electron chi connectivity index (χ3n) is 3.08. The van der Waals surface area contributed by atoms with Crippen LogP contribution in [0.1, 0.15) is 28.5 Å². The molecule has 1 unspecified atom stereocenters. The maximum atomic E-state index is 12.2. The molecule has 3 N–H and O–H groups in total. The van der Waals surface area contributed by atoms with Gasteiger partial charge in [0.2, 0.25) is 0 Å². The molecular weight excluding hydrogens is 316 g/mol. The average molecular weight is 334 g/mol. The van der Waals surface area contributed by atoms with Gasteiger partial charge in [0.05, 0.1) is 0 Å². The first kappa shape index (κ1) is 16.9. The molecule has 2 rings (SSSR count). The van der Waals surface area contributed by atoms with Crippen LogP contribution < -0.4 is 16.0 Å². The van der Waals surface area contributed by atoms with Gasteiger partial charge in [0.15, 0.2) is 0 Å². The van der Waals surface area contributed by atoms with Gasteiger partial charge in [-0.2, -0.15) is 0 Å². The molecule has 1 aromatic carbocycles. The third kappa shape index (κ3) is 4.51. The standard InChI is InChI=1S/C15H18N4O3S/c1-9(22-3)14-19-12(8-23-14)13(20)17-10-4-6-11(7-5-10)18-15(21)16-2/h4-9H,1-3H3,(H,17,20)(H2,16,18,21). The lowest BCUT2D eigenvalue weighted by atomic mass is 10.2. The van der Waals surface area contributed by atoms with Gasteiger partial charge in [-0.05, 0) is 31.2 Å². The minimum absolute atomic E-state index is 0.142. The summed E-state index contributed by atoms with van der Waals surface area (Å²) in [5.74, 6) is -0.289. The highest BCUT2D eigenvalue weighted by Crippen LogP contribution is 2.21. The van der Waals surface area contributed by atoms with Gasteiger partial charge in [-0.1, -0.05) is 0 Å². The van der Waals surface area contributed by atoms with Crippen molar-refractivity contribution in [3.8, 4) is 0 Å². The van der Waals surface area contributed by atoms with Crippen molar-refractivity contribution < 1.29 is 14.3 Å². The number of methoxy groups -OCH3 is 1. The zero-order chi connectivity index (χ0) is 16.8. The highest BCUT2D eigenvalue weighted by Gasteiger charge is 2.14. The van der Waals surface area contributed by atoms with Gasteiger partial charge in [0, 0.05) is 30.9 Å². The molecule has 0 aliphatic carbocycles. The highest BCUT2D eigenvalue weighted by molar-refractivity contribution is 7.09. The van der Waals surface area contributed by atoms with Gasteiger partial charge in [-0.15, -0.1) is 11.3 Å². The van der Waals surface area contributed by atoms with Crippen molar-refractivity contribution >= 4 is 34.6 Å². The summed E-state index contributed by atoms with van der Waals surface area (Å²) in [5.41, 5.74) is 1.60. The Labute approximate surface area is 138 Å². The number of hydrogen-bond donors (Lipinski definition) is 3. The van der Waals surface area contributed by atoms with Crippen LogP contribution in [0.3, 0.4) is 0 Å². The molecule has 3 amide bonds. The van der Waals surface area contributed by atoms with Crippen LogP contribution in [0.2, 0.25) is 0 Å². The number of nitrogens with one attached hydrogen (secondary N) is 3. The highest BCUT2D eigenvalue weighted by atomic mass is 32.1. The number of urea groups is 1. The van der Waals surface area contributed by atoms with Crippen LogP contribution in [0.4, 0.5) is 16.2 Å². The lowest BCUT2D eigenvalue weighted by molar-refractivity contribution is 0.101. The Bertz CT molecular complexity index is 684. The zero-order valence-corrected chi connectivity index (χ0v) is 13.9. The van der Waals surface area contributed by atoms with E-state index in [-0.39, 0.29) is 18.0 Å². The van der Waals surface area contributed by atoms with Gasteiger partial charge in [-0.3, -0.25) is 4.79 Å². The normalized spacial score (nSPS) is 11.6. The summed E-state index contributed by atoms with van der Waals surface area (Å²) in [6.45, 7) is 1.87. The van der Waals surface area contributed by atoms with E-state index in [0.29, 0.717) is 17.1 Å². The van der Waals surface area contributed by atoms with Crippen LogP contribution in [0.15, 0.2) is 29.6 Å². The fraction of sp³-hybridized carbons (Fsp3) is 0.267. The van der Waals surface area contributed by atoms with Crippen molar-refractivity contribution in [3.63, 3.8) is 0 Å². The van der Waals surface area contributed by atoms with Crippen molar-refractivity contribution in [1.82, 2.24) is 10.3 Å². The molecule has 122 valence electrons. The summed E-state index contributed by atoms with van der Waals surface area (Å²) in [7, 11) is 3.14. The van der Waals surface area contributed by atoms with Gasteiger partial charge in [-0.25, -0.2) is 9.78 Å². The molecule has 0 saturated heterocycles. The molecule has 0 radical (unpaired) electrons. The molecule has 1 aromatic heterocycles. The first-order chi connectivity index (χ1) is 11.0. The predicted octanol–water partition coefficient (Wildman–Crippen LogP) is 2.85. The molecule has 7 nitrogen and oxygen atoms in total. The smallest absolute Gasteiger partial charge is 0.318 e. The van der Waals surface area contributed by atoms with E-state index < -0.39 is 0 Å². The Hall–Kier alpha value is -2.45. The number of aromatic nitrogens is 1. The number of ether oxygens (including phenoxy) is 1. The van der Waals surface area contributed by atoms with Crippen molar-refractivity contribution in [3.05, 3.63) is 40.3 Å². The van der Waals surface area contributed by atoms with Crippen molar-refractivity contribution in [2.24, 2.45) is 0 Å². The second kappa shape index (κ2) is 7.70. The number of thiazole rings is 1. The minimum Gasteiger partial charge on any atom is -0.375 e. The first-order valence-corrected chi connectivity index (χ1v) is 7.79. The van der Waals surface area contributed by atoms with E-state index in [9.17, 15) is 9.59 Å². The quantitative estimate of drug-likeness (QED) is 0.784. The second-order valence-electron chi connectivity index (χ2n) is 4.68. The Morgan fingerprint density at radius 1 is 1.17 bits per heavy atom. The number of anilines is 2. The van der Waals surface area contributed by atoms with E-state index in [4.69, 9.17) is 4.74 Å². The van der Waals surface area contributed by atoms with Crippen LogP contribution >= 0.6 is 11.3 Å². The van der Waals surface area contributed by atoms with E-state index in [1.54, 1.807) is 36.8 Å². The van der Waals surface area contributed by atoms with Crippen molar-refractivity contribution in [2.75, 3.05) is 24.8 Å². The molecule has 8 heteroatoms. The van der Waals surface area contributed by atoms with Gasteiger partial charge in [0.1, 0.15) is 16.8 Å². The van der Waals surface area contributed by atoms with Crippen LogP contribution in [0.25, 0.3) is 0 Å². The van der Waals surface area contributed by atoms with Gasteiger partial charge < -0.3 is 20.7 Å². The Kier molecular flexibility index (Phi) is 5.67. The largest absolute Gasteiger partial charge is 0.375 e. The Morgan fingerprint density at radius 3 is 2.35 bits per heavy atom. The fourth-order valence-corrected chi connectivity index (χ4v) is 2.54. The molecule has 0 spiro atoms. The zero-order valence-electron chi connectivity index (χ0n) is 13.0. The molecule has 23 heavy (non-hydrogen) atoms. The summed E-state index contributed by atoms with van der Waals surface area (Å²) in [6.07, 6.45) is -0.142. The van der Waals surface area contributed by atoms with E-state index in [1.807, 2.05) is 6.92 Å². The summed E-state index contributed by atoms with van der Waals surface area (Å²) in [6, 6.07) is 6.50. The summed E-state index contributed by atoms with van der Waals surface area (Å²) in [5, 5.41) is 10.3.